The normalized spacial score (nSPS) is 22.9. The van der Waals surface area contributed by atoms with E-state index in [-0.39, 0.29) is 12.5 Å². The average molecular weight is 271 g/mol. The molecule has 0 spiro atoms. The Morgan fingerprint density at radius 2 is 1.84 bits per heavy atom. The number of rotatable bonds is 4. The van der Waals surface area contributed by atoms with Gasteiger partial charge in [-0.05, 0) is 12.8 Å². The summed E-state index contributed by atoms with van der Waals surface area (Å²) in [5.41, 5.74) is 2.17. The van der Waals surface area contributed by atoms with E-state index >= 15 is 0 Å². The number of carbonyl (C=O) groups is 2. The predicted octanol–water partition coefficient (Wildman–Crippen LogP) is 0.320. The number of hydrazine groups is 1. The second-order valence-corrected chi connectivity index (χ2v) is 5.22. The van der Waals surface area contributed by atoms with Gasteiger partial charge < -0.3 is 15.2 Å². The Kier molecular flexibility index (Phi) is 4.60. The zero-order chi connectivity index (χ0) is 13.7. The van der Waals surface area contributed by atoms with Crippen molar-refractivity contribution >= 4 is 12.0 Å². The zero-order valence-electron chi connectivity index (χ0n) is 11.0. The summed E-state index contributed by atoms with van der Waals surface area (Å²) < 4.78 is 5.20. The standard InChI is InChI=1S/C12H21N3O4/c16-10(17)9-12(3-1-2-4-12)13-11(18)14-15-5-7-19-8-6-15/h1-9H2,(H,16,17)(H2,13,14,18). The molecule has 2 fully saturated rings. The van der Waals surface area contributed by atoms with E-state index in [1.165, 1.54) is 0 Å². The van der Waals surface area contributed by atoms with Crippen molar-refractivity contribution in [1.82, 2.24) is 15.8 Å². The van der Waals surface area contributed by atoms with Crippen LogP contribution in [0.25, 0.3) is 0 Å². The highest BCUT2D eigenvalue weighted by Gasteiger charge is 2.37. The van der Waals surface area contributed by atoms with Crippen LogP contribution in [-0.4, -0.2) is 54.0 Å². The van der Waals surface area contributed by atoms with Crippen LogP contribution >= 0.6 is 0 Å². The van der Waals surface area contributed by atoms with Crippen molar-refractivity contribution in [3.63, 3.8) is 0 Å². The van der Waals surface area contributed by atoms with Gasteiger partial charge in [-0.3, -0.25) is 10.2 Å². The van der Waals surface area contributed by atoms with Crippen molar-refractivity contribution < 1.29 is 19.4 Å². The molecule has 0 bridgehead atoms. The summed E-state index contributed by atoms with van der Waals surface area (Å²) in [6.07, 6.45) is 3.38. The lowest BCUT2D eigenvalue weighted by molar-refractivity contribution is -0.138. The molecule has 19 heavy (non-hydrogen) atoms. The van der Waals surface area contributed by atoms with E-state index in [9.17, 15) is 9.59 Å². The van der Waals surface area contributed by atoms with E-state index in [4.69, 9.17) is 9.84 Å². The summed E-state index contributed by atoms with van der Waals surface area (Å²) in [5.74, 6) is -0.867. The van der Waals surface area contributed by atoms with Gasteiger partial charge in [0, 0.05) is 13.1 Å². The Balaban J connectivity index is 1.86. The molecule has 3 N–H and O–H groups in total. The van der Waals surface area contributed by atoms with Crippen molar-refractivity contribution in [2.75, 3.05) is 26.3 Å². The second-order valence-electron chi connectivity index (χ2n) is 5.22. The van der Waals surface area contributed by atoms with Crippen LogP contribution < -0.4 is 10.7 Å². The number of aliphatic carboxylic acids is 1. The monoisotopic (exact) mass is 271 g/mol. The molecule has 1 saturated heterocycles. The number of hydrogen-bond acceptors (Lipinski definition) is 4. The molecule has 2 amide bonds. The summed E-state index contributed by atoms with van der Waals surface area (Å²) in [6, 6.07) is -0.315. The Bertz CT molecular complexity index is 336. The first-order valence-electron chi connectivity index (χ1n) is 6.73. The molecule has 0 aromatic rings. The van der Waals surface area contributed by atoms with Crippen LogP contribution in [-0.2, 0) is 9.53 Å². The van der Waals surface area contributed by atoms with Crippen molar-refractivity contribution in [1.29, 1.82) is 0 Å². The van der Waals surface area contributed by atoms with Crippen LogP contribution in [0.1, 0.15) is 32.1 Å². The van der Waals surface area contributed by atoms with Gasteiger partial charge in [0.05, 0.1) is 25.2 Å². The van der Waals surface area contributed by atoms with Crippen molar-refractivity contribution in [2.24, 2.45) is 0 Å². The van der Waals surface area contributed by atoms with E-state index in [1.54, 1.807) is 5.01 Å². The lowest BCUT2D eigenvalue weighted by Gasteiger charge is -2.32. The topological polar surface area (TPSA) is 90.9 Å². The van der Waals surface area contributed by atoms with Gasteiger partial charge in [0.2, 0.25) is 0 Å². The maximum absolute atomic E-state index is 12.0. The Hall–Kier alpha value is -1.34. The number of hydrogen-bond donors (Lipinski definition) is 3. The highest BCUT2D eigenvalue weighted by Crippen LogP contribution is 2.32. The third-order valence-electron chi connectivity index (χ3n) is 3.70. The summed E-state index contributed by atoms with van der Waals surface area (Å²) >= 11 is 0. The van der Waals surface area contributed by atoms with Crippen LogP contribution in [0.4, 0.5) is 4.79 Å². The number of urea groups is 1. The highest BCUT2D eigenvalue weighted by molar-refractivity contribution is 5.76. The van der Waals surface area contributed by atoms with E-state index in [0.717, 1.165) is 25.7 Å². The summed E-state index contributed by atoms with van der Waals surface area (Å²) in [6.45, 7) is 2.50. The second kappa shape index (κ2) is 6.21. The molecule has 1 aliphatic heterocycles. The molecule has 1 saturated carbocycles. The van der Waals surface area contributed by atoms with Gasteiger partial charge in [0.15, 0.2) is 0 Å². The number of ether oxygens (including phenoxy) is 1. The van der Waals surface area contributed by atoms with Crippen molar-refractivity contribution in [2.45, 2.75) is 37.6 Å². The molecule has 2 rings (SSSR count). The molecule has 1 heterocycles. The number of carboxylic acid groups (broad SMARTS) is 1. The zero-order valence-corrected chi connectivity index (χ0v) is 11.0. The van der Waals surface area contributed by atoms with Gasteiger partial charge in [-0.1, -0.05) is 12.8 Å². The van der Waals surface area contributed by atoms with Crippen molar-refractivity contribution in [3.05, 3.63) is 0 Å². The summed E-state index contributed by atoms with van der Waals surface area (Å²) in [7, 11) is 0. The Labute approximate surface area is 112 Å². The Morgan fingerprint density at radius 1 is 1.21 bits per heavy atom. The lowest BCUT2D eigenvalue weighted by Crippen LogP contribution is -2.57. The van der Waals surface area contributed by atoms with Crippen LogP contribution in [0.2, 0.25) is 0 Å². The van der Waals surface area contributed by atoms with Crippen molar-refractivity contribution in [3.8, 4) is 0 Å². The molecule has 7 heteroatoms. The number of carboxylic acids is 1. The molecular formula is C12H21N3O4. The van der Waals surface area contributed by atoms with E-state index in [1.807, 2.05) is 0 Å². The van der Waals surface area contributed by atoms with Gasteiger partial charge in [0.1, 0.15) is 0 Å². The third-order valence-corrected chi connectivity index (χ3v) is 3.70. The minimum atomic E-state index is -0.867. The fourth-order valence-corrected chi connectivity index (χ4v) is 2.77. The largest absolute Gasteiger partial charge is 0.481 e. The van der Waals surface area contributed by atoms with Crippen LogP contribution in [0.3, 0.4) is 0 Å². The van der Waals surface area contributed by atoms with Crippen LogP contribution in [0, 0.1) is 0 Å². The third kappa shape index (κ3) is 4.07. The molecule has 0 unspecified atom stereocenters. The Morgan fingerprint density at radius 3 is 2.42 bits per heavy atom. The quantitative estimate of drug-likeness (QED) is 0.685. The molecule has 0 atom stereocenters. The van der Waals surface area contributed by atoms with Gasteiger partial charge >= 0.3 is 12.0 Å². The minimum absolute atomic E-state index is 0.0104. The maximum atomic E-state index is 12.0. The number of morpholine rings is 1. The van der Waals surface area contributed by atoms with Gasteiger partial charge in [-0.25, -0.2) is 9.80 Å². The molecule has 2 aliphatic rings. The van der Waals surface area contributed by atoms with Gasteiger partial charge in [0.25, 0.3) is 0 Å². The average Bonchev–Trinajstić information content (AvgIpc) is 2.77. The summed E-state index contributed by atoms with van der Waals surface area (Å²) in [5, 5.41) is 13.6. The predicted molar refractivity (Wildman–Crippen MR) is 67.5 cm³/mol. The minimum Gasteiger partial charge on any atom is -0.481 e. The molecular weight excluding hydrogens is 250 g/mol. The highest BCUT2D eigenvalue weighted by atomic mass is 16.5. The number of amides is 2. The molecule has 7 nitrogen and oxygen atoms in total. The van der Waals surface area contributed by atoms with E-state index in [2.05, 4.69) is 10.7 Å². The van der Waals surface area contributed by atoms with Gasteiger partial charge in [-0.2, -0.15) is 0 Å². The maximum Gasteiger partial charge on any atom is 0.329 e. The number of nitrogens with one attached hydrogen (secondary N) is 2. The smallest absolute Gasteiger partial charge is 0.329 e. The van der Waals surface area contributed by atoms with Crippen LogP contribution in [0.5, 0.6) is 0 Å². The van der Waals surface area contributed by atoms with Gasteiger partial charge in [-0.15, -0.1) is 0 Å². The first kappa shape index (κ1) is 14.1. The van der Waals surface area contributed by atoms with E-state index < -0.39 is 11.5 Å². The summed E-state index contributed by atoms with van der Waals surface area (Å²) in [4.78, 5) is 22.9. The molecule has 0 radical (unpaired) electrons. The van der Waals surface area contributed by atoms with Crippen LogP contribution in [0.15, 0.2) is 0 Å². The molecule has 0 aromatic heterocycles. The molecule has 108 valence electrons. The number of carbonyl (C=O) groups excluding carboxylic acids is 1. The molecule has 1 aliphatic carbocycles. The first-order chi connectivity index (χ1) is 9.10. The fourth-order valence-electron chi connectivity index (χ4n) is 2.77. The van der Waals surface area contributed by atoms with E-state index in [0.29, 0.717) is 26.3 Å². The molecule has 0 aromatic carbocycles. The lowest BCUT2D eigenvalue weighted by atomic mass is 9.93. The number of nitrogens with zero attached hydrogens (tertiary/aromatic N) is 1. The first-order valence-corrected chi connectivity index (χ1v) is 6.73. The SMILES string of the molecule is O=C(O)CC1(NC(=O)NN2CCOCC2)CCCC1. The fraction of sp³-hybridized carbons (Fsp3) is 0.833.